The summed E-state index contributed by atoms with van der Waals surface area (Å²) in [5, 5.41) is 4.50. The number of benzene rings is 2. The Morgan fingerprint density at radius 1 is 0.967 bits per heavy atom. The number of aryl methyl sites for hydroxylation is 1. The van der Waals surface area contributed by atoms with E-state index in [2.05, 4.69) is 9.82 Å². The third-order valence-electron chi connectivity index (χ3n) is 4.75. The summed E-state index contributed by atoms with van der Waals surface area (Å²) in [6.45, 7) is 4.08. The van der Waals surface area contributed by atoms with Crippen molar-refractivity contribution in [2.24, 2.45) is 0 Å². The molecule has 9 heteroatoms. The quantitative estimate of drug-likeness (QED) is 0.588. The van der Waals surface area contributed by atoms with Gasteiger partial charge in [-0.05, 0) is 43.7 Å². The molecule has 0 unspecified atom stereocenters. The molecule has 2 aromatic carbocycles. The second-order valence-corrected chi connectivity index (χ2v) is 8.36. The molecule has 1 N–H and O–H groups in total. The van der Waals surface area contributed by atoms with Gasteiger partial charge in [0.2, 0.25) is 0 Å². The Morgan fingerprint density at radius 3 is 2.37 bits per heavy atom. The molecule has 0 atom stereocenters. The summed E-state index contributed by atoms with van der Waals surface area (Å²) >= 11 is 0. The lowest BCUT2D eigenvalue weighted by atomic mass is 10.2. The third kappa shape index (κ3) is 4.35. The van der Waals surface area contributed by atoms with Gasteiger partial charge < -0.3 is 14.2 Å². The molecule has 3 rings (SSSR count). The fraction of sp³-hybridized carbons (Fsp3) is 0.286. The maximum atomic E-state index is 13.0. The van der Waals surface area contributed by atoms with Crippen molar-refractivity contribution in [3.05, 3.63) is 59.4 Å². The van der Waals surface area contributed by atoms with E-state index in [4.69, 9.17) is 14.2 Å². The topological polar surface area (TPSA) is 91.7 Å². The Labute approximate surface area is 176 Å². The van der Waals surface area contributed by atoms with Crippen molar-refractivity contribution in [1.29, 1.82) is 0 Å². The van der Waals surface area contributed by atoms with Gasteiger partial charge in [-0.2, -0.15) is 5.10 Å². The summed E-state index contributed by atoms with van der Waals surface area (Å²) in [6, 6.07) is 12.1. The van der Waals surface area contributed by atoms with Gasteiger partial charge in [0.1, 0.15) is 5.75 Å². The van der Waals surface area contributed by atoms with E-state index in [9.17, 15) is 8.42 Å². The number of aromatic nitrogens is 2. The van der Waals surface area contributed by atoms with Crippen LogP contribution in [0.3, 0.4) is 0 Å². The molecule has 0 aliphatic rings. The second-order valence-electron chi connectivity index (χ2n) is 6.68. The maximum Gasteiger partial charge on any atom is 0.262 e. The van der Waals surface area contributed by atoms with Crippen molar-refractivity contribution in [2.75, 3.05) is 26.1 Å². The van der Waals surface area contributed by atoms with E-state index >= 15 is 0 Å². The summed E-state index contributed by atoms with van der Waals surface area (Å²) in [5.41, 5.74) is 2.74. The fourth-order valence-electron chi connectivity index (χ4n) is 3.12. The highest BCUT2D eigenvalue weighted by atomic mass is 32.2. The molecule has 0 aliphatic heterocycles. The molecular weight excluding hydrogens is 406 g/mol. The number of sulfonamides is 1. The lowest BCUT2D eigenvalue weighted by Gasteiger charge is -2.12. The Hall–Kier alpha value is -3.20. The van der Waals surface area contributed by atoms with Crippen molar-refractivity contribution in [2.45, 2.75) is 25.3 Å². The van der Waals surface area contributed by atoms with Crippen LogP contribution in [0.25, 0.3) is 0 Å². The van der Waals surface area contributed by atoms with Crippen LogP contribution in [0.5, 0.6) is 17.2 Å². The first-order valence-corrected chi connectivity index (χ1v) is 10.7. The first-order valence-electron chi connectivity index (χ1n) is 9.21. The molecule has 30 heavy (non-hydrogen) atoms. The molecule has 0 radical (unpaired) electrons. The van der Waals surface area contributed by atoms with Gasteiger partial charge in [-0.25, -0.2) is 8.42 Å². The Balaban J connectivity index is 1.89. The van der Waals surface area contributed by atoms with Crippen LogP contribution in [-0.4, -0.2) is 39.5 Å². The van der Waals surface area contributed by atoms with Crippen molar-refractivity contribution in [3.8, 4) is 17.2 Å². The average Bonchev–Trinajstić information content (AvgIpc) is 3.00. The zero-order valence-corrected chi connectivity index (χ0v) is 18.4. The first-order chi connectivity index (χ1) is 14.3. The van der Waals surface area contributed by atoms with Crippen LogP contribution in [0, 0.1) is 13.8 Å². The second kappa shape index (κ2) is 8.66. The molecule has 0 spiro atoms. The van der Waals surface area contributed by atoms with Crippen molar-refractivity contribution >= 4 is 15.7 Å². The molecule has 8 nitrogen and oxygen atoms in total. The van der Waals surface area contributed by atoms with Gasteiger partial charge in [0.05, 0.1) is 49.8 Å². The number of rotatable bonds is 8. The number of methoxy groups -OCH3 is 3. The minimum absolute atomic E-state index is 0.0690. The summed E-state index contributed by atoms with van der Waals surface area (Å²) < 4.78 is 46.0. The summed E-state index contributed by atoms with van der Waals surface area (Å²) in [7, 11) is 0.720. The molecule has 1 heterocycles. The van der Waals surface area contributed by atoms with E-state index in [-0.39, 0.29) is 4.90 Å². The van der Waals surface area contributed by atoms with Gasteiger partial charge in [-0.1, -0.05) is 12.1 Å². The number of nitrogens with zero attached hydrogens (tertiary/aromatic N) is 2. The standard InChI is InChI=1S/C21H25N3O5S/c1-14-21(15(2)24(22-14)13-16-7-6-8-17(11-16)27-3)23-30(25,26)18-9-10-19(28-4)20(12-18)29-5/h6-12,23H,13H2,1-5H3. The first kappa shape index (κ1) is 21.5. The highest BCUT2D eigenvalue weighted by Gasteiger charge is 2.21. The maximum absolute atomic E-state index is 13.0. The van der Waals surface area contributed by atoms with Crippen LogP contribution in [0.15, 0.2) is 47.4 Å². The predicted octanol–water partition coefficient (Wildman–Crippen LogP) is 3.37. The molecule has 160 valence electrons. The SMILES string of the molecule is COc1cccc(Cn2nc(C)c(NS(=O)(=O)c3ccc(OC)c(OC)c3)c2C)c1. The molecule has 1 aromatic heterocycles. The molecule has 0 amide bonds. The summed E-state index contributed by atoms with van der Waals surface area (Å²) in [5.74, 6) is 1.54. The third-order valence-corrected chi connectivity index (χ3v) is 6.10. The van der Waals surface area contributed by atoms with Gasteiger partial charge >= 0.3 is 0 Å². The molecule has 0 saturated heterocycles. The van der Waals surface area contributed by atoms with Crippen LogP contribution >= 0.6 is 0 Å². The predicted molar refractivity (Wildman–Crippen MR) is 114 cm³/mol. The molecule has 0 fully saturated rings. The fourth-order valence-corrected chi connectivity index (χ4v) is 4.31. The van der Waals surface area contributed by atoms with Gasteiger partial charge in [0.25, 0.3) is 10.0 Å². The minimum Gasteiger partial charge on any atom is -0.497 e. The monoisotopic (exact) mass is 431 g/mol. The average molecular weight is 432 g/mol. The Bertz CT molecular complexity index is 1160. The van der Waals surface area contributed by atoms with Crippen molar-refractivity contribution in [1.82, 2.24) is 9.78 Å². The number of ether oxygens (including phenoxy) is 3. The summed E-state index contributed by atoms with van der Waals surface area (Å²) in [6.07, 6.45) is 0. The molecule has 0 saturated carbocycles. The zero-order valence-electron chi connectivity index (χ0n) is 17.6. The largest absolute Gasteiger partial charge is 0.497 e. The van der Waals surface area contributed by atoms with E-state index in [1.54, 1.807) is 24.8 Å². The number of hydrogen-bond acceptors (Lipinski definition) is 6. The van der Waals surface area contributed by atoms with Crippen molar-refractivity contribution < 1.29 is 22.6 Å². The summed E-state index contributed by atoms with van der Waals surface area (Å²) in [4.78, 5) is 0.0690. The van der Waals surface area contributed by atoms with Crippen LogP contribution < -0.4 is 18.9 Å². The number of nitrogens with one attached hydrogen (secondary N) is 1. The smallest absolute Gasteiger partial charge is 0.262 e. The number of anilines is 1. The van der Waals surface area contributed by atoms with Gasteiger partial charge in [-0.15, -0.1) is 0 Å². The normalized spacial score (nSPS) is 11.2. The van der Waals surface area contributed by atoms with E-state index in [0.717, 1.165) is 11.3 Å². The van der Waals surface area contributed by atoms with E-state index in [1.807, 2.05) is 31.2 Å². The Morgan fingerprint density at radius 2 is 1.70 bits per heavy atom. The van der Waals surface area contributed by atoms with E-state index in [1.165, 1.54) is 26.4 Å². The van der Waals surface area contributed by atoms with Crippen LogP contribution in [0.1, 0.15) is 17.0 Å². The molecule has 0 aliphatic carbocycles. The molecule has 0 bridgehead atoms. The Kier molecular flexibility index (Phi) is 6.21. The molecule has 3 aromatic rings. The van der Waals surface area contributed by atoms with Crippen LogP contribution in [-0.2, 0) is 16.6 Å². The van der Waals surface area contributed by atoms with Gasteiger partial charge in [0, 0.05) is 6.07 Å². The lowest BCUT2D eigenvalue weighted by Crippen LogP contribution is -2.14. The highest BCUT2D eigenvalue weighted by molar-refractivity contribution is 7.92. The van der Waals surface area contributed by atoms with Crippen molar-refractivity contribution in [3.63, 3.8) is 0 Å². The van der Waals surface area contributed by atoms with Gasteiger partial charge in [-0.3, -0.25) is 9.40 Å². The minimum atomic E-state index is -3.84. The van der Waals surface area contributed by atoms with E-state index < -0.39 is 10.0 Å². The zero-order chi connectivity index (χ0) is 21.9. The molecular formula is C21H25N3O5S. The highest BCUT2D eigenvalue weighted by Crippen LogP contribution is 2.31. The lowest BCUT2D eigenvalue weighted by molar-refractivity contribution is 0.354. The van der Waals surface area contributed by atoms with E-state index in [0.29, 0.717) is 35.1 Å². The van der Waals surface area contributed by atoms with Crippen LogP contribution in [0.2, 0.25) is 0 Å². The van der Waals surface area contributed by atoms with Gasteiger partial charge in [0.15, 0.2) is 11.5 Å². The number of hydrogen-bond donors (Lipinski definition) is 1. The van der Waals surface area contributed by atoms with Crippen LogP contribution in [0.4, 0.5) is 5.69 Å².